The highest BCUT2D eigenvalue weighted by molar-refractivity contribution is 5.96. The molecule has 1 aliphatic rings. The highest BCUT2D eigenvalue weighted by Gasteiger charge is 2.34. The third-order valence-corrected chi connectivity index (χ3v) is 4.48. The fraction of sp³-hybridized carbons (Fsp3) is 0.200. The molecule has 4 rings (SSSR count). The van der Waals surface area contributed by atoms with Gasteiger partial charge in [0.1, 0.15) is 0 Å². The molecule has 0 bridgehead atoms. The van der Waals surface area contributed by atoms with Crippen molar-refractivity contribution < 1.29 is 9.32 Å². The first-order valence-corrected chi connectivity index (χ1v) is 8.35. The molecule has 3 aromatic rings. The van der Waals surface area contributed by atoms with E-state index in [1.807, 2.05) is 37.3 Å². The van der Waals surface area contributed by atoms with Crippen LogP contribution < -0.4 is 4.90 Å². The fourth-order valence-electron chi connectivity index (χ4n) is 3.17. The van der Waals surface area contributed by atoms with Gasteiger partial charge in [-0.1, -0.05) is 23.4 Å². The highest BCUT2D eigenvalue weighted by Crippen LogP contribution is 2.31. The minimum atomic E-state index is -0.111. The maximum absolute atomic E-state index is 12.4. The minimum Gasteiger partial charge on any atom is -0.334 e. The van der Waals surface area contributed by atoms with Crippen molar-refractivity contribution in [1.29, 1.82) is 5.26 Å². The van der Waals surface area contributed by atoms with Crippen molar-refractivity contribution in [2.75, 3.05) is 11.4 Å². The summed E-state index contributed by atoms with van der Waals surface area (Å²) < 4.78 is 5.36. The molecule has 0 N–H and O–H groups in total. The monoisotopic (exact) mass is 344 g/mol. The zero-order valence-corrected chi connectivity index (χ0v) is 14.2. The van der Waals surface area contributed by atoms with Gasteiger partial charge in [-0.05, 0) is 42.8 Å². The Labute approximate surface area is 150 Å². The second kappa shape index (κ2) is 6.45. The van der Waals surface area contributed by atoms with E-state index in [2.05, 4.69) is 16.2 Å². The van der Waals surface area contributed by atoms with Gasteiger partial charge in [0.05, 0.1) is 11.6 Å². The van der Waals surface area contributed by atoms with Gasteiger partial charge in [-0.25, -0.2) is 0 Å². The van der Waals surface area contributed by atoms with Crippen LogP contribution in [-0.4, -0.2) is 22.6 Å². The third-order valence-electron chi connectivity index (χ3n) is 4.48. The summed E-state index contributed by atoms with van der Waals surface area (Å²) in [5.74, 6) is 0.822. The number of nitrogens with zero attached hydrogens (tertiary/aromatic N) is 4. The van der Waals surface area contributed by atoms with Crippen molar-refractivity contribution in [3.05, 3.63) is 65.5 Å². The molecule has 2 aromatic carbocycles. The molecule has 1 unspecified atom stereocenters. The number of nitriles is 1. The van der Waals surface area contributed by atoms with Gasteiger partial charge in [0.15, 0.2) is 5.82 Å². The lowest BCUT2D eigenvalue weighted by molar-refractivity contribution is -0.117. The van der Waals surface area contributed by atoms with Gasteiger partial charge in [-0.2, -0.15) is 10.2 Å². The molecular formula is C20H16N4O2. The number of benzene rings is 2. The van der Waals surface area contributed by atoms with Gasteiger partial charge in [-0.3, -0.25) is 4.79 Å². The third kappa shape index (κ3) is 2.95. The molecule has 0 saturated carbocycles. The van der Waals surface area contributed by atoms with Crippen LogP contribution in [0.25, 0.3) is 11.5 Å². The number of aryl methyl sites for hydroxylation is 1. The molecule has 1 fully saturated rings. The van der Waals surface area contributed by atoms with Crippen molar-refractivity contribution in [2.45, 2.75) is 19.3 Å². The van der Waals surface area contributed by atoms with Crippen molar-refractivity contribution in [2.24, 2.45) is 0 Å². The van der Waals surface area contributed by atoms with Crippen LogP contribution in [0.5, 0.6) is 0 Å². The first kappa shape index (κ1) is 16.0. The summed E-state index contributed by atoms with van der Waals surface area (Å²) in [6.07, 6.45) is 0.352. The van der Waals surface area contributed by atoms with Gasteiger partial charge < -0.3 is 9.42 Å². The van der Waals surface area contributed by atoms with Crippen molar-refractivity contribution >= 4 is 11.6 Å². The minimum absolute atomic E-state index is 0.0541. The Hall–Kier alpha value is -3.46. The second-order valence-corrected chi connectivity index (χ2v) is 6.39. The molecule has 26 heavy (non-hydrogen) atoms. The molecule has 1 aliphatic heterocycles. The number of anilines is 1. The van der Waals surface area contributed by atoms with E-state index in [4.69, 9.17) is 9.78 Å². The Balaban J connectivity index is 1.57. The molecule has 1 saturated heterocycles. The lowest BCUT2D eigenvalue weighted by Gasteiger charge is -2.16. The molecule has 6 nitrogen and oxygen atoms in total. The molecule has 1 amide bonds. The molecular weight excluding hydrogens is 328 g/mol. The maximum Gasteiger partial charge on any atom is 0.257 e. The fourth-order valence-corrected chi connectivity index (χ4v) is 3.17. The SMILES string of the molecule is Cc1cccc(N2CC(c3noc(-c4cccc(C#N)c4)n3)CC2=O)c1. The average Bonchev–Trinajstić information content (AvgIpc) is 3.28. The smallest absolute Gasteiger partial charge is 0.257 e. The average molecular weight is 344 g/mol. The van der Waals surface area contributed by atoms with E-state index in [0.29, 0.717) is 35.8 Å². The van der Waals surface area contributed by atoms with Gasteiger partial charge in [0.25, 0.3) is 5.89 Å². The van der Waals surface area contributed by atoms with Crippen LogP contribution in [0.1, 0.15) is 29.3 Å². The van der Waals surface area contributed by atoms with Crippen molar-refractivity contribution in [3.8, 4) is 17.5 Å². The number of aromatic nitrogens is 2. The summed E-state index contributed by atoms with van der Waals surface area (Å²) in [4.78, 5) is 18.7. The number of carbonyl (C=O) groups excluding carboxylic acids is 1. The van der Waals surface area contributed by atoms with Crippen molar-refractivity contribution in [1.82, 2.24) is 10.1 Å². The molecule has 2 heterocycles. The predicted molar refractivity (Wildman–Crippen MR) is 95.3 cm³/mol. The zero-order valence-electron chi connectivity index (χ0n) is 14.2. The Morgan fingerprint density at radius 1 is 1.23 bits per heavy atom. The van der Waals surface area contributed by atoms with Gasteiger partial charge in [0.2, 0.25) is 5.91 Å². The first-order chi connectivity index (χ1) is 12.6. The standard InChI is InChI=1S/C20H16N4O2/c1-13-4-2-7-17(8-13)24-12-16(10-18(24)25)19-22-20(26-23-19)15-6-3-5-14(9-15)11-21/h2-9,16H,10,12H2,1H3. The summed E-state index contributed by atoms with van der Waals surface area (Å²) in [5, 5.41) is 13.1. The van der Waals surface area contributed by atoms with Crippen LogP contribution in [0.4, 0.5) is 5.69 Å². The Bertz CT molecular complexity index is 1020. The zero-order chi connectivity index (χ0) is 18.1. The summed E-state index contributed by atoms with van der Waals surface area (Å²) in [6, 6.07) is 17.0. The molecule has 1 aromatic heterocycles. The van der Waals surface area contributed by atoms with E-state index in [1.54, 1.807) is 23.1 Å². The lowest BCUT2D eigenvalue weighted by Crippen LogP contribution is -2.24. The summed E-state index contributed by atoms with van der Waals surface area (Å²) >= 11 is 0. The van der Waals surface area contributed by atoms with Gasteiger partial charge in [0, 0.05) is 30.1 Å². The molecule has 6 heteroatoms. The highest BCUT2D eigenvalue weighted by atomic mass is 16.5. The number of rotatable bonds is 3. The van der Waals surface area contributed by atoms with Crippen LogP contribution in [0, 0.1) is 18.3 Å². The van der Waals surface area contributed by atoms with E-state index in [9.17, 15) is 4.79 Å². The number of carbonyl (C=O) groups is 1. The molecule has 128 valence electrons. The lowest BCUT2D eigenvalue weighted by atomic mass is 10.1. The first-order valence-electron chi connectivity index (χ1n) is 8.35. The van der Waals surface area contributed by atoms with Gasteiger partial charge in [-0.15, -0.1) is 0 Å². The maximum atomic E-state index is 12.4. The van der Waals surface area contributed by atoms with Crippen LogP contribution in [-0.2, 0) is 4.79 Å². The van der Waals surface area contributed by atoms with E-state index in [1.165, 1.54) is 0 Å². The van der Waals surface area contributed by atoms with Crippen LogP contribution >= 0.6 is 0 Å². The molecule has 1 atom stereocenters. The largest absolute Gasteiger partial charge is 0.334 e. The number of hydrogen-bond acceptors (Lipinski definition) is 5. The summed E-state index contributed by atoms with van der Waals surface area (Å²) in [7, 11) is 0. The van der Waals surface area contributed by atoms with Crippen LogP contribution in [0.3, 0.4) is 0 Å². The number of hydrogen-bond donors (Lipinski definition) is 0. The molecule has 0 spiro atoms. The van der Waals surface area contributed by atoms with Crippen molar-refractivity contribution in [3.63, 3.8) is 0 Å². The van der Waals surface area contributed by atoms with Gasteiger partial charge >= 0.3 is 0 Å². The Morgan fingerprint density at radius 3 is 2.88 bits per heavy atom. The quantitative estimate of drug-likeness (QED) is 0.727. The normalized spacial score (nSPS) is 16.7. The number of amides is 1. The van der Waals surface area contributed by atoms with Crippen LogP contribution in [0.2, 0.25) is 0 Å². The van der Waals surface area contributed by atoms with E-state index in [0.717, 1.165) is 11.3 Å². The van der Waals surface area contributed by atoms with E-state index >= 15 is 0 Å². The Morgan fingerprint density at radius 2 is 2.08 bits per heavy atom. The summed E-state index contributed by atoms with van der Waals surface area (Å²) in [6.45, 7) is 2.53. The Kier molecular flexibility index (Phi) is 3.98. The second-order valence-electron chi connectivity index (χ2n) is 6.39. The van der Waals surface area contributed by atoms with E-state index in [-0.39, 0.29) is 11.8 Å². The molecule has 0 aliphatic carbocycles. The summed E-state index contributed by atoms with van der Waals surface area (Å²) in [5.41, 5.74) is 3.23. The predicted octanol–water partition coefficient (Wildman–Crippen LogP) is 3.44. The topological polar surface area (TPSA) is 83.0 Å². The van der Waals surface area contributed by atoms with E-state index < -0.39 is 0 Å². The molecule has 0 radical (unpaired) electrons. The van der Waals surface area contributed by atoms with Crippen LogP contribution in [0.15, 0.2) is 53.1 Å².